The molecule has 0 amide bonds. The van der Waals surface area contributed by atoms with Gasteiger partial charge in [-0.2, -0.15) is 0 Å². The van der Waals surface area contributed by atoms with Crippen LogP contribution in [-0.2, 0) is 23.8 Å². The lowest BCUT2D eigenvalue weighted by Crippen LogP contribution is -2.28. The summed E-state index contributed by atoms with van der Waals surface area (Å²) in [4.78, 5) is 24.4. The predicted molar refractivity (Wildman–Crippen MR) is 209 cm³/mol. The topological polar surface area (TPSA) is 85.4 Å². The van der Waals surface area contributed by atoms with Crippen LogP contribution in [0.5, 0.6) is 0 Å². The van der Waals surface area contributed by atoms with E-state index in [1.807, 2.05) is 0 Å². The van der Waals surface area contributed by atoms with E-state index in [0.717, 1.165) is 44.9 Å². The zero-order chi connectivity index (χ0) is 36.2. The number of epoxide rings is 1. The number of aliphatic hydroxyl groups excluding tert-OH is 1. The Morgan fingerprint density at radius 2 is 1.06 bits per heavy atom. The molecule has 0 aromatic heterocycles. The maximum atomic E-state index is 12.3. The van der Waals surface area contributed by atoms with Crippen molar-refractivity contribution in [3.8, 4) is 0 Å². The van der Waals surface area contributed by atoms with Gasteiger partial charge in [0.05, 0.1) is 18.8 Å². The Hall–Kier alpha value is -1.92. The van der Waals surface area contributed by atoms with Gasteiger partial charge in [0.15, 0.2) is 6.10 Å². The van der Waals surface area contributed by atoms with Gasteiger partial charge in [0, 0.05) is 12.8 Å². The van der Waals surface area contributed by atoms with Crippen LogP contribution in [0.25, 0.3) is 0 Å². The van der Waals surface area contributed by atoms with Gasteiger partial charge in [0.2, 0.25) is 0 Å². The lowest BCUT2D eigenvalue weighted by molar-refractivity contribution is -0.161. The molecule has 1 aliphatic rings. The lowest BCUT2D eigenvalue weighted by atomic mass is 10.0. The number of carbonyl (C=O) groups excluding carboxylic acids is 2. The van der Waals surface area contributed by atoms with Gasteiger partial charge < -0.3 is 19.3 Å². The molecule has 0 aromatic carbocycles. The Kier molecular flexibility index (Phi) is 32.7. The van der Waals surface area contributed by atoms with Crippen molar-refractivity contribution in [3.63, 3.8) is 0 Å². The molecule has 6 heteroatoms. The first-order valence-corrected chi connectivity index (χ1v) is 21.2. The minimum absolute atomic E-state index is 0.0921. The summed E-state index contributed by atoms with van der Waals surface area (Å²) in [5.41, 5.74) is 0. The summed E-state index contributed by atoms with van der Waals surface area (Å²) in [6.45, 7) is 4.06. The Morgan fingerprint density at radius 3 is 1.62 bits per heavy atom. The molecule has 0 bridgehead atoms. The third-order valence-electron chi connectivity index (χ3n) is 9.61. The number of carbonyl (C=O) groups is 2. The standard InChI is InChI=1S/C44H78O6/c1-3-5-7-9-11-13-15-17-18-19-20-21-22-24-26-28-30-32-36-43(46)48-39-40(38-45)49-44(47)37-33-35-42-41(50-42)34-31-29-27-25-23-16-14-12-10-8-6-4-2/h12,14,23,25,29,31,40-42,45H,3-11,13,15-22,24,26-28,30,32-39H2,1-2H3/b14-12-,25-23-,31-29-/t40-,41?,42?/m0/s1. The molecule has 0 radical (unpaired) electrons. The molecule has 2 unspecified atom stereocenters. The van der Waals surface area contributed by atoms with E-state index in [0.29, 0.717) is 12.8 Å². The molecular weight excluding hydrogens is 624 g/mol. The zero-order valence-electron chi connectivity index (χ0n) is 32.6. The molecule has 0 aromatic rings. The summed E-state index contributed by atoms with van der Waals surface area (Å²) in [7, 11) is 0. The zero-order valence-corrected chi connectivity index (χ0v) is 32.6. The maximum absolute atomic E-state index is 12.3. The predicted octanol–water partition coefficient (Wildman–Crippen LogP) is 12.2. The number of hydrogen-bond donors (Lipinski definition) is 1. The number of aliphatic hydroxyl groups is 1. The van der Waals surface area contributed by atoms with Crippen molar-refractivity contribution in [3.05, 3.63) is 36.5 Å². The number of allylic oxidation sites excluding steroid dienone is 5. The quantitative estimate of drug-likeness (QED) is 0.0300. The van der Waals surface area contributed by atoms with Gasteiger partial charge in [-0.15, -0.1) is 0 Å². The van der Waals surface area contributed by atoms with Crippen LogP contribution in [0.4, 0.5) is 0 Å². The number of hydrogen-bond acceptors (Lipinski definition) is 6. The van der Waals surface area contributed by atoms with Crippen molar-refractivity contribution in [2.75, 3.05) is 13.2 Å². The monoisotopic (exact) mass is 703 g/mol. The summed E-state index contributed by atoms with van der Waals surface area (Å²) >= 11 is 0. The highest BCUT2D eigenvalue weighted by atomic mass is 16.6. The number of ether oxygens (including phenoxy) is 3. The van der Waals surface area contributed by atoms with Crippen molar-refractivity contribution in [1.82, 2.24) is 0 Å². The van der Waals surface area contributed by atoms with Crippen molar-refractivity contribution >= 4 is 11.9 Å². The second-order valence-electron chi connectivity index (χ2n) is 14.5. The SMILES string of the molecule is CCCCC/C=C\C/C=C\C/C=C\CC1OC1CCCC(=O)O[C@@H](CO)COC(=O)CCCCCCCCCCCCCCCCCCCC. The maximum Gasteiger partial charge on any atom is 0.306 e. The molecule has 3 atom stereocenters. The van der Waals surface area contributed by atoms with Crippen LogP contribution in [-0.4, -0.2) is 48.6 Å². The smallest absolute Gasteiger partial charge is 0.306 e. The average molecular weight is 703 g/mol. The molecule has 0 saturated carbocycles. The third-order valence-corrected chi connectivity index (χ3v) is 9.61. The Balaban J connectivity index is 1.91. The molecule has 1 N–H and O–H groups in total. The summed E-state index contributed by atoms with van der Waals surface area (Å²) in [5, 5.41) is 9.59. The molecular formula is C44H78O6. The molecule has 290 valence electrons. The van der Waals surface area contributed by atoms with Gasteiger partial charge >= 0.3 is 11.9 Å². The molecule has 1 saturated heterocycles. The molecule has 0 spiro atoms. The second kappa shape index (κ2) is 35.5. The van der Waals surface area contributed by atoms with Crippen molar-refractivity contribution in [2.24, 2.45) is 0 Å². The van der Waals surface area contributed by atoms with Gasteiger partial charge in [-0.25, -0.2) is 0 Å². The molecule has 1 rings (SSSR count). The fourth-order valence-corrected chi connectivity index (χ4v) is 6.29. The highest BCUT2D eigenvalue weighted by Crippen LogP contribution is 2.30. The Morgan fingerprint density at radius 1 is 0.580 bits per heavy atom. The summed E-state index contributed by atoms with van der Waals surface area (Å²) in [6, 6.07) is 0. The Labute approximate surface area is 308 Å². The Bertz CT molecular complexity index is 865. The van der Waals surface area contributed by atoms with E-state index in [2.05, 4.69) is 50.3 Å². The van der Waals surface area contributed by atoms with Gasteiger partial charge in [-0.1, -0.05) is 172 Å². The van der Waals surface area contributed by atoms with Crippen molar-refractivity contribution in [1.29, 1.82) is 0 Å². The first-order valence-electron chi connectivity index (χ1n) is 21.2. The molecule has 6 nitrogen and oxygen atoms in total. The number of esters is 2. The molecule has 1 fully saturated rings. The normalized spacial score (nSPS) is 16.5. The first-order chi connectivity index (χ1) is 24.6. The number of unbranched alkanes of at least 4 members (excludes halogenated alkanes) is 20. The largest absolute Gasteiger partial charge is 0.462 e. The van der Waals surface area contributed by atoms with Gasteiger partial charge in [0.1, 0.15) is 6.61 Å². The van der Waals surface area contributed by atoms with E-state index in [1.54, 1.807) is 0 Å². The van der Waals surface area contributed by atoms with Crippen LogP contribution in [0, 0.1) is 0 Å². The fraction of sp³-hybridized carbons (Fsp3) is 0.818. The highest BCUT2D eigenvalue weighted by molar-refractivity contribution is 5.70. The average Bonchev–Trinajstić information content (AvgIpc) is 3.87. The van der Waals surface area contributed by atoms with E-state index >= 15 is 0 Å². The molecule has 50 heavy (non-hydrogen) atoms. The van der Waals surface area contributed by atoms with Crippen molar-refractivity contribution in [2.45, 2.75) is 218 Å². The van der Waals surface area contributed by atoms with E-state index in [-0.39, 0.29) is 43.8 Å². The van der Waals surface area contributed by atoms with Crippen LogP contribution in [0.15, 0.2) is 36.5 Å². The summed E-state index contributed by atoms with van der Waals surface area (Å²) < 4.78 is 16.4. The minimum atomic E-state index is -0.808. The second-order valence-corrected chi connectivity index (χ2v) is 14.5. The summed E-state index contributed by atoms with van der Waals surface area (Å²) in [5.74, 6) is -0.661. The highest BCUT2D eigenvalue weighted by Gasteiger charge is 2.36. The van der Waals surface area contributed by atoms with Crippen LogP contribution >= 0.6 is 0 Å². The fourth-order valence-electron chi connectivity index (χ4n) is 6.29. The molecule has 1 heterocycles. The van der Waals surface area contributed by atoms with E-state index in [4.69, 9.17) is 14.2 Å². The van der Waals surface area contributed by atoms with Gasteiger partial charge in [-0.05, 0) is 51.4 Å². The van der Waals surface area contributed by atoms with Crippen LogP contribution in [0.3, 0.4) is 0 Å². The first kappa shape index (κ1) is 46.1. The minimum Gasteiger partial charge on any atom is -0.462 e. The molecule has 1 aliphatic heterocycles. The van der Waals surface area contributed by atoms with E-state index in [9.17, 15) is 14.7 Å². The van der Waals surface area contributed by atoms with Crippen LogP contribution in [0.1, 0.15) is 200 Å². The van der Waals surface area contributed by atoms with Crippen LogP contribution < -0.4 is 0 Å². The molecule has 0 aliphatic carbocycles. The van der Waals surface area contributed by atoms with E-state index in [1.165, 1.54) is 122 Å². The third kappa shape index (κ3) is 30.9. The lowest BCUT2D eigenvalue weighted by Gasteiger charge is -2.15. The number of rotatable bonds is 37. The van der Waals surface area contributed by atoms with Gasteiger partial charge in [0.25, 0.3) is 0 Å². The van der Waals surface area contributed by atoms with Crippen molar-refractivity contribution < 1.29 is 28.9 Å². The summed E-state index contributed by atoms with van der Waals surface area (Å²) in [6.07, 6.45) is 46.6. The van der Waals surface area contributed by atoms with Crippen LogP contribution in [0.2, 0.25) is 0 Å². The van der Waals surface area contributed by atoms with Gasteiger partial charge in [-0.3, -0.25) is 9.59 Å². The van der Waals surface area contributed by atoms with E-state index < -0.39 is 6.10 Å².